The topological polar surface area (TPSA) is 106 Å². The number of anilines is 2. The van der Waals surface area contributed by atoms with E-state index in [9.17, 15) is 23.4 Å². The third-order valence-electron chi connectivity index (χ3n) is 5.81. The average molecular weight is 497 g/mol. The van der Waals surface area contributed by atoms with E-state index in [4.69, 9.17) is 0 Å². The smallest absolute Gasteiger partial charge is 0.388 e. The highest BCUT2D eigenvalue weighted by molar-refractivity contribution is 7.21. The number of aryl methyl sites for hydroxylation is 1. The van der Waals surface area contributed by atoms with Gasteiger partial charge in [0.2, 0.25) is 5.95 Å². The summed E-state index contributed by atoms with van der Waals surface area (Å²) < 4.78 is 39.2. The first-order valence-electron chi connectivity index (χ1n) is 10.8. The Hall–Kier alpha value is -2.54. The maximum atomic E-state index is 12.8. The fourth-order valence-electron chi connectivity index (χ4n) is 4.26. The van der Waals surface area contributed by atoms with Gasteiger partial charge in [0.25, 0.3) is 0 Å². The third-order valence-corrected chi connectivity index (χ3v) is 6.87. The van der Waals surface area contributed by atoms with Gasteiger partial charge in [-0.1, -0.05) is 12.1 Å². The van der Waals surface area contributed by atoms with Gasteiger partial charge in [-0.15, -0.1) is 11.3 Å². The van der Waals surface area contributed by atoms with Gasteiger partial charge in [-0.05, 0) is 46.0 Å². The molecule has 0 amide bonds. The number of hydrogen-bond donors (Lipinski definition) is 4. The molecule has 1 aliphatic rings. The van der Waals surface area contributed by atoms with Crippen molar-refractivity contribution < 1.29 is 23.4 Å². The highest BCUT2D eigenvalue weighted by Crippen LogP contribution is 2.41. The van der Waals surface area contributed by atoms with Crippen LogP contribution in [-0.4, -0.2) is 75.3 Å². The molecule has 184 valence electrons. The lowest BCUT2D eigenvalue weighted by Gasteiger charge is -2.32. The normalized spacial score (nSPS) is 23.1. The Bertz CT molecular complexity index is 1140. The second-order valence-electron chi connectivity index (χ2n) is 8.87. The van der Waals surface area contributed by atoms with Gasteiger partial charge in [-0.2, -0.15) is 18.2 Å². The predicted octanol–water partition coefficient (Wildman–Crippen LogP) is 3.47. The van der Waals surface area contributed by atoms with E-state index >= 15 is 0 Å². The van der Waals surface area contributed by atoms with Crippen LogP contribution in [0.1, 0.15) is 18.5 Å². The lowest BCUT2D eigenvalue weighted by Crippen LogP contribution is -2.48. The van der Waals surface area contributed by atoms with Crippen molar-refractivity contribution in [2.75, 3.05) is 37.8 Å². The Kier molecular flexibility index (Phi) is 6.69. The highest BCUT2D eigenvalue weighted by Gasteiger charge is 2.47. The molecule has 4 rings (SSSR count). The molecule has 8 nitrogen and oxygen atoms in total. The second kappa shape index (κ2) is 9.25. The van der Waals surface area contributed by atoms with Gasteiger partial charge in [0.05, 0.1) is 21.5 Å². The number of alkyl halides is 3. The SMILES string of the molecule is Cc1nc(NCC(F)(F)F)nc(NC2(O)CCC(CN(C)C)C2O)c1-c1nc2ccccc2s1. The lowest BCUT2D eigenvalue weighted by atomic mass is 10.0. The molecule has 2 heterocycles. The zero-order valence-electron chi connectivity index (χ0n) is 19.0. The minimum Gasteiger partial charge on any atom is -0.388 e. The Morgan fingerprint density at radius 2 is 1.94 bits per heavy atom. The summed E-state index contributed by atoms with van der Waals surface area (Å²) in [6, 6.07) is 7.53. The molecular formula is C22H27F3N6O2S. The van der Waals surface area contributed by atoms with Crippen LogP contribution in [0.5, 0.6) is 0 Å². The molecule has 4 N–H and O–H groups in total. The summed E-state index contributed by atoms with van der Waals surface area (Å²) in [5.41, 5.74) is -0.0795. The third kappa shape index (κ3) is 5.24. The molecule has 0 radical (unpaired) electrons. The fraction of sp³-hybridized carbons (Fsp3) is 0.500. The van der Waals surface area contributed by atoms with E-state index in [0.717, 1.165) is 10.2 Å². The first-order valence-corrected chi connectivity index (χ1v) is 11.7. The standard InChI is InChI=1S/C22H27F3N6O2S/c1-12-16(19-28-14-6-4-5-7-15(14)34-19)18(29-20(27-12)26-11-22(23,24)25)30-21(33)9-8-13(17(21)32)10-31(2)3/h4-7,13,17,32-33H,8-11H2,1-3H3,(H2,26,27,29,30). The van der Waals surface area contributed by atoms with Gasteiger partial charge in [0.1, 0.15) is 23.5 Å². The summed E-state index contributed by atoms with van der Waals surface area (Å²) in [4.78, 5) is 15.0. The van der Waals surface area contributed by atoms with Crippen molar-refractivity contribution in [1.82, 2.24) is 19.9 Å². The molecule has 12 heteroatoms. The van der Waals surface area contributed by atoms with E-state index in [1.165, 1.54) is 11.3 Å². The Morgan fingerprint density at radius 3 is 2.62 bits per heavy atom. The van der Waals surface area contributed by atoms with Gasteiger partial charge in [-0.3, -0.25) is 0 Å². The summed E-state index contributed by atoms with van der Waals surface area (Å²) in [5, 5.41) is 27.9. The molecule has 1 fully saturated rings. The first kappa shape index (κ1) is 24.6. The molecule has 3 aromatic rings. The van der Waals surface area contributed by atoms with Crippen LogP contribution in [0.2, 0.25) is 0 Å². The summed E-state index contributed by atoms with van der Waals surface area (Å²) in [6.07, 6.45) is -4.72. The van der Waals surface area contributed by atoms with Crippen LogP contribution in [-0.2, 0) is 0 Å². The molecule has 3 atom stereocenters. The van der Waals surface area contributed by atoms with Crippen LogP contribution in [0.15, 0.2) is 24.3 Å². The number of nitrogens with one attached hydrogen (secondary N) is 2. The number of aromatic nitrogens is 3. The highest BCUT2D eigenvalue weighted by atomic mass is 32.1. The van der Waals surface area contributed by atoms with Crippen LogP contribution in [0.25, 0.3) is 20.8 Å². The maximum absolute atomic E-state index is 12.8. The van der Waals surface area contributed by atoms with Gasteiger partial charge in [0.15, 0.2) is 5.72 Å². The molecule has 2 aromatic heterocycles. The molecule has 1 aromatic carbocycles. The molecular weight excluding hydrogens is 469 g/mol. The van der Waals surface area contributed by atoms with Crippen molar-refractivity contribution in [2.24, 2.45) is 5.92 Å². The molecule has 0 spiro atoms. The Morgan fingerprint density at radius 1 is 1.21 bits per heavy atom. The van der Waals surface area contributed by atoms with Gasteiger partial charge >= 0.3 is 6.18 Å². The lowest BCUT2D eigenvalue weighted by molar-refractivity contribution is -0.115. The minimum absolute atomic E-state index is 0.114. The van der Waals surface area contributed by atoms with Crippen molar-refractivity contribution >= 4 is 33.3 Å². The molecule has 3 unspecified atom stereocenters. The number of aliphatic hydroxyl groups is 2. The number of aliphatic hydroxyl groups excluding tert-OH is 1. The van der Waals surface area contributed by atoms with Crippen molar-refractivity contribution in [3.8, 4) is 10.6 Å². The van der Waals surface area contributed by atoms with E-state index in [2.05, 4.69) is 25.6 Å². The maximum Gasteiger partial charge on any atom is 0.405 e. The molecule has 34 heavy (non-hydrogen) atoms. The van der Waals surface area contributed by atoms with Crippen LogP contribution in [0.4, 0.5) is 24.9 Å². The summed E-state index contributed by atoms with van der Waals surface area (Å²) in [5.74, 6) is -0.296. The number of fused-ring (bicyclic) bond motifs is 1. The summed E-state index contributed by atoms with van der Waals surface area (Å²) in [7, 11) is 3.77. The number of nitrogens with zero attached hydrogens (tertiary/aromatic N) is 4. The minimum atomic E-state index is -4.45. The van der Waals surface area contributed by atoms with E-state index in [1.54, 1.807) is 6.92 Å². The molecule has 1 aliphatic carbocycles. The summed E-state index contributed by atoms with van der Waals surface area (Å²) in [6.45, 7) is 0.929. The monoisotopic (exact) mass is 496 g/mol. The first-order chi connectivity index (χ1) is 15.9. The van der Waals surface area contributed by atoms with Gasteiger partial charge in [0, 0.05) is 12.5 Å². The van der Waals surface area contributed by atoms with E-state index < -0.39 is 24.6 Å². The van der Waals surface area contributed by atoms with Gasteiger partial charge < -0.3 is 25.7 Å². The zero-order valence-corrected chi connectivity index (χ0v) is 19.8. The molecule has 0 saturated heterocycles. The number of benzene rings is 1. The molecule has 0 bridgehead atoms. The number of hydrogen-bond acceptors (Lipinski definition) is 9. The Labute approximate surface area is 198 Å². The van der Waals surface area contributed by atoms with Crippen LogP contribution in [0.3, 0.4) is 0 Å². The number of thiazole rings is 1. The number of halogens is 3. The van der Waals surface area contributed by atoms with Crippen LogP contribution >= 0.6 is 11.3 Å². The van der Waals surface area contributed by atoms with Crippen molar-refractivity contribution in [3.63, 3.8) is 0 Å². The molecule has 0 aliphatic heterocycles. The largest absolute Gasteiger partial charge is 0.405 e. The summed E-state index contributed by atoms with van der Waals surface area (Å²) >= 11 is 1.39. The second-order valence-corrected chi connectivity index (χ2v) is 9.90. The zero-order chi connectivity index (χ0) is 24.7. The average Bonchev–Trinajstić information content (AvgIpc) is 3.28. The van der Waals surface area contributed by atoms with Crippen molar-refractivity contribution in [2.45, 2.75) is 37.8 Å². The van der Waals surface area contributed by atoms with E-state index in [1.807, 2.05) is 43.3 Å². The van der Waals surface area contributed by atoms with E-state index in [-0.39, 0.29) is 24.1 Å². The number of rotatable bonds is 7. The Balaban J connectivity index is 1.74. The fourth-order valence-corrected chi connectivity index (χ4v) is 5.32. The van der Waals surface area contributed by atoms with Crippen LogP contribution < -0.4 is 10.6 Å². The predicted molar refractivity (Wildman–Crippen MR) is 126 cm³/mol. The van der Waals surface area contributed by atoms with E-state index in [0.29, 0.717) is 29.2 Å². The number of para-hydroxylation sites is 1. The van der Waals surface area contributed by atoms with Crippen LogP contribution in [0, 0.1) is 12.8 Å². The van der Waals surface area contributed by atoms with Crippen molar-refractivity contribution in [1.29, 1.82) is 0 Å². The molecule has 1 saturated carbocycles. The quantitative estimate of drug-likeness (QED) is 0.369. The van der Waals surface area contributed by atoms with Crippen molar-refractivity contribution in [3.05, 3.63) is 30.0 Å². The van der Waals surface area contributed by atoms with Gasteiger partial charge in [-0.25, -0.2) is 9.97 Å².